The second-order valence-corrected chi connectivity index (χ2v) is 8.49. The molecular weight excluding hydrogens is 455 g/mol. The van der Waals surface area contributed by atoms with Crippen LogP contribution in [0.25, 0.3) is 22.4 Å². The molecule has 1 N–H and O–H groups in total. The van der Waals surface area contributed by atoms with Gasteiger partial charge in [0.25, 0.3) is 0 Å². The number of hydrogen-bond acceptors (Lipinski definition) is 5. The van der Waals surface area contributed by atoms with Gasteiger partial charge in [-0.05, 0) is 54.1 Å². The third-order valence-electron chi connectivity index (χ3n) is 4.44. The Kier molecular flexibility index (Phi) is 6.61. The number of thioether (sulfide) groups is 1. The Morgan fingerprint density at radius 2 is 1.77 bits per heavy atom. The molecule has 0 unspecified atom stereocenters. The number of hydrogen-bond donors (Lipinski definition) is 1. The largest absolute Gasteiger partial charge is 0.403 e. The molecule has 0 fully saturated rings. The molecule has 1 heterocycles. The number of nitrogens with one attached hydrogen (secondary N) is 1. The van der Waals surface area contributed by atoms with Gasteiger partial charge in [0.1, 0.15) is 0 Å². The Hall–Kier alpha value is -2.80. The van der Waals surface area contributed by atoms with Crippen LogP contribution in [0.4, 0.5) is 5.69 Å². The van der Waals surface area contributed by atoms with Crippen LogP contribution in [0, 0.1) is 0 Å². The molecule has 0 saturated heterocycles. The van der Waals surface area contributed by atoms with Gasteiger partial charge in [0.2, 0.25) is 11.8 Å². The molecule has 0 aliphatic heterocycles. The molecule has 1 aromatic heterocycles. The van der Waals surface area contributed by atoms with Crippen molar-refractivity contribution >= 4 is 57.5 Å². The third kappa shape index (κ3) is 5.28. The summed E-state index contributed by atoms with van der Waals surface area (Å²) in [6.07, 6.45) is 0. The van der Waals surface area contributed by atoms with E-state index in [1.54, 1.807) is 54.6 Å². The fraction of sp³-hybridized carbons (Fsp3) is 0.0870. The van der Waals surface area contributed by atoms with Gasteiger partial charge in [-0.1, -0.05) is 41.4 Å². The van der Waals surface area contributed by atoms with E-state index in [1.807, 2.05) is 12.1 Å². The SMILES string of the molecule is O=C(CSCc1ccc(Cl)c(Cl)c1)Nc1ccc(-c2nc3ccccc3c(=O)o2)cc1. The lowest BCUT2D eigenvalue weighted by molar-refractivity contribution is -0.113. The molecule has 0 radical (unpaired) electrons. The highest BCUT2D eigenvalue weighted by Gasteiger charge is 2.09. The number of aromatic nitrogens is 1. The smallest absolute Gasteiger partial charge is 0.347 e. The number of carbonyl (C=O) groups excluding carboxylic acids is 1. The molecule has 0 spiro atoms. The summed E-state index contributed by atoms with van der Waals surface area (Å²) in [6, 6.07) is 19.4. The van der Waals surface area contributed by atoms with E-state index in [2.05, 4.69) is 10.3 Å². The molecule has 31 heavy (non-hydrogen) atoms. The lowest BCUT2D eigenvalue weighted by Crippen LogP contribution is -2.14. The summed E-state index contributed by atoms with van der Waals surface area (Å²) in [6.45, 7) is 0. The van der Waals surface area contributed by atoms with Crippen molar-refractivity contribution in [3.05, 3.63) is 92.8 Å². The van der Waals surface area contributed by atoms with Crippen molar-refractivity contribution in [2.24, 2.45) is 0 Å². The molecule has 156 valence electrons. The molecule has 4 rings (SSSR count). The van der Waals surface area contributed by atoms with Gasteiger partial charge in [0.05, 0.1) is 26.7 Å². The standard InChI is InChI=1S/C23H16Cl2N2O3S/c24-18-10-5-14(11-19(18)25)12-31-13-21(28)26-16-8-6-15(7-9-16)22-27-20-4-2-1-3-17(20)23(29)30-22/h1-11H,12-13H2,(H,26,28). The predicted octanol–water partition coefficient (Wildman–Crippen LogP) is 6.03. The number of anilines is 1. The summed E-state index contributed by atoms with van der Waals surface area (Å²) in [5, 5.41) is 4.30. The summed E-state index contributed by atoms with van der Waals surface area (Å²) >= 11 is 13.4. The topological polar surface area (TPSA) is 72.2 Å². The molecule has 0 atom stereocenters. The second-order valence-electron chi connectivity index (χ2n) is 6.69. The van der Waals surface area contributed by atoms with E-state index in [4.69, 9.17) is 27.6 Å². The Morgan fingerprint density at radius 1 is 1.00 bits per heavy atom. The van der Waals surface area contributed by atoms with Crippen LogP contribution in [-0.4, -0.2) is 16.6 Å². The Labute approximate surface area is 192 Å². The maximum Gasteiger partial charge on any atom is 0.347 e. The van der Waals surface area contributed by atoms with Gasteiger partial charge < -0.3 is 9.73 Å². The predicted molar refractivity (Wildman–Crippen MR) is 127 cm³/mol. The number of halogens is 2. The van der Waals surface area contributed by atoms with Gasteiger partial charge in [0.15, 0.2) is 0 Å². The number of nitrogens with zero attached hydrogens (tertiary/aromatic N) is 1. The lowest BCUT2D eigenvalue weighted by Gasteiger charge is -2.07. The molecule has 1 amide bonds. The summed E-state index contributed by atoms with van der Waals surface area (Å²) < 4.78 is 5.33. The Morgan fingerprint density at radius 3 is 2.55 bits per heavy atom. The number of para-hydroxylation sites is 1. The highest BCUT2D eigenvalue weighted by Crippen LogP contribution is 2.25. The van der Waals surface area contributed by atoms with Gasteiger partial charge in [-0.15, -0.1) is 11.8 Å². The van der Waals surface area contributed by atoms with Crippen molar-refractivity contribution in [3.63, 3.8) is 0 Å². The van der Waals surface area contributed by atoms with Crippen molar-refractivity contribution < 1.29 is 9.21 Å². The van der Waals surface area contributed by atoms with E-state index in [1.165, 1.54) is 11.8 Å². The maximum atomic E-state index is 12.2. The zero-order valence-corrected chi connectivity index (χ0v) is 18.4. The minimum absolute atomic E-state index is 0.117. The average Bonchev–Trinajstić information content (AvgIpc) is 2.77. The summed E-state index contributed by atoms with van der Waals surface area (Å²) in [7, 11) is 0. The molecule has 0 bridgehead atoms. The Bertz CT molecular complexity index is 1310. The fourth-order valence-corrected chi connectivity index (χ4v) is 4.02. The van der Waals surface area contributed by atoms with E-state index < -0.39 is 5.63 Å². The number of rotatable bonds is 6. The first-order valence-corrected chi connectivity index (χ1v) is 11.2. The third-order valence-corrected chi connectivity index (χ3v) is 6.18. The number of carbonyl (C=O) groups is 1. The Balaban J connectivity index is 1.36. The van der Waals surface area contributed by atoms with E-state index in [0.717, 1.165) is 5.56 Å². The minimum Gasteiger partial charge on any atom is -0.403 e. The van der Waals surface area contributed by atoms with E-state index >= 15 is 0 Å². The van der Waals surface area contributed by atoms with Crippen LogP contribution in [0.15, 0.2) is 75.9 Å². The van der Waals surface area contributed by atoms with Gasteiger partial charge in [-0.2, -0.15) is 0 Å². The van der Waals surface area contributed by atoms with Crippen molar-refractivity contribution in [2.45, 2.75) is 5.75 Å². The van der Waals surface area contributed by atoms with Gasteiger partial charge in [-0.3, -0.25) is 4.79 Å². The second kappa shape index (κ2) is 9.56. The van der Waals surface area contributed by atoms with Crippen LogP contribution < -0.4 is 10.9 Å². The first-order chi connectivity index (χ1) is 15.0. The van der Waals surface area contributed by atoms with Crippen LogP contribution in [0.5, 0.6) is 0 Å². The van der Waals surface area contributed by atoms with Crippen LogP contribution in [0.3, 0.4) is 0 Å². The molecule has 3 aromatic carbocycles. The van der Waals surface area contributed by atoms with Crippen LogP contribution in [-0.2, 0) is 10.5 Å². The van der Waals surface area contributed by atoms with Crippen molar-refractivity contribution in [1.82, 2.24) is 4.98 Å². The van der Waals surface area contributed by atoms with E-state index in [-0.39, 0.29) is 11.8 Å². The minimum atomic E-state index is -0.433. The van der Waals surface area contributed by atoms with Gasteiger partial charge in [-0.25, -0.2) is 9.78 Å². The van der Waals surface area contributed by atoms with Crippen molar-refractivity contribution in [2.75, 3.05) is 11.1 Å². The molecule has 8 heteroatoms. The number of amides is 1. The van der Waals surface area contributed by atoms with Crippen molar-refractivity contribution in [3.8, 4) is 11.5 Å². The maximum absolute atomic E-state index is 12.2. The molecule has 5 nitrogen and oxygen atoms in total. The zero-order valence-electron chi connectivity index (χ0n) is 16.1. The highest BCUT2D eigenvalue weighted by molar-refractivity contribution is 7.99. The normalized spacial score (nSPS) is 10.9. The van der Waals surface area contributed by atoms with Gasteiger partial charge in [0, 0.05) is 17.0 Å². The highest BCUT2D eigenvalue weighted by atomic mass is 35.5. The lowest BCUT2D eigenvalue weighted by atomic mass is 10.2. The van der Waals surface area contributed by atoms with Gasteiger partial charge >= 0.3 is 5.63 Å². The fourth-order valence-electron chi connectivity index (χ4n) is 2.93. The number of fused-ring (bicyclic) bond motifs is 1. The quantitative estimate of drug-likeness (QED) is 0.372. The molecular formula is C23H16Cl2N2O3S. The number of benzene rings is 3. The molecule has 0 aliphatic carbocycles. The molecule has 0 saturated carbocycles. The monoisotopic (exact) mass is 470 g/mol. The van der Waals surface area contributed by atoms with Crippen molar-refractivity contribution in [1.29, 1.82) is 0 Å². The molecule has 0 aliphatic rings. The van der Waals surface area contributed by atoms with Crippen LogP contribution in [0.1, 0.15) is 5.56 Å². The van der Waals surface area contributed by atoms with E-state index in [9.17, 15) is 9.59 Å². The zero-order chi connectivity index (χ0) is 21.8. The van der Waals surface area contributed by atoms with Crippen LogP contribution in [0.2, 0.25) is 10.0 Å². The molecule has 4 aromatic rings. The summed E-state index contributed by atoms with van der Waals surface area (Å²) in [5.74, 6) is 1.06. The average molecular weight is 471 g/mol. The van der Waals surface area contributed by atoms with E-state index in [0.29, 0.717) is 43.7 Å². The summed E-state index contributed by atoms with van der Waals surface area (Å²) in [5.41, 5.74) is 2.44. The van der Waals surface area contributed by atoms with Crippen LogP contribution >= 0.6 is 35.0 Å². The first-order valence-electron chi connectivity index (χ1n) is 9.31. The summed E-state index contributed by atoms with van der Waals surface area (Å²) in [4.78, 5) is 28.8. The first kappa shape index (κ1) is 21.4.